The minimum atomic E-state index is -0.460. The molecular weight excluding hydrogens is 293 g/mol. The topological polar surface area (TPSA) is 29.1 Å². The molecule has 0 aliphatic rings. The summed E-state index contributed by atoms with van der Waals surface area (Å²) in [6.07, 6.45) is 0. The number of hydrogen-bond donors (Lipinski definition) is 1. The number of benzene rings is 1. The molecule has 2 rings (SSSR count). The summed E-state index contributed by atoms with van der Waals surface area (Å²) in [7, 11) is 0. The first kappa shape index (κ1) is 11.3. The SMILES string of the molecule is O=C(Nc1c(F)cccc1Br)c1ccsc1. The van der Waals surface area contributed by atoms with E-state index in [1.165, 1.54) is 17.4 Å². The summed E-state index contributed by atoms with van der Waals surface area (Å²) in [5, 5.41) is 6.04. The van der Waals surface area contributed by atoms with Crippen LogP contribution in [0.3, 0.4) is 0 Å². The van der Waals surface area contributed by atoms with Crippen molar-refractivity contribution in [2.75, 3.05) is 5.32 Å². The zero-order valence-electron chi connectivity index (χ0n) is 8.04. The second kappa shape index (κ2) is 4.76. The van der Waals surface area contributed by atoms with Crippen LogP contribution in [0.5, 0.6) is 0 Å². The van der Waals surface area contributed by atoms with Crippen molar-refractivity contribution in [3.05, 3.63) is 50.9 Å². The van der Waals surface area contributed by atoms with E-state index in [0.29, 0.717) is 10.0 Å². The lowest BCUT2D eigenvalue weighted by Gasteiger charge is -2.07. The van der Waals surface area contributed by atoms with E-state index in [2.05, 4.69) is 21.2 Å². The van der Waals surface area contributed by atoms with Crippen molar-refractivity contribution in [2.24, 2.45) is 0 Å². The zero-order valence-corrected chi connectivity index (χ0v) is 10.4. The molecule has 16 heavy (non-hydrogen) atoms. The van der Waals surface area contributed by atoms with E-state index < -0.39 is 5.82 Å². The quantitative estimate of drug-likeness (QED) is 0.895. The van der Waals surface area contributed by atoms with Crippen LogP contribution in [-0.4, -0.2) is 5.91 Å². The summed E-state index contributed by atoms with van der Waals surface area (Å²) in [6.45, 7) is 0. The molecule has 1 aromatic carbocycles. The maximum atomic E-state index is 13.4. The predicted molar refractivity (Wildman–Crippen MR) is 66.4 cm³/mol. The van der Waals surface area contributed by atoms with Crippen molar-refractivity contribution in [2.45, 2.75) is 0 Å². The fourth-order valence-corrected chi connectivity index (χ4v) is 2.27. The first-order chi connectivity index (χ1) is 7.68. The number of carbonyl (C=O) groups excluding carboxylic acids is 1. The van der Waals surface area contributed by atoms with Crippen LogP contribution in [0, 0.1) is 5.82 Å². The summed E-state index contributed by atoms with van der Waals surface area (Å²) in [4.78, 5) is 11.7. The first-order valence-electron chi connectivity index (χ1n) is 4.46. The molecule has 0 spiro atoms. The van der Waals surface area contributed by atoms with Crippen LogP contribution in [0.25, 0.3) is 0 Å². The van der Waals surface area contributed by atoms with Crippen molar-refractivity contribution in [1.29, 1.82) is 0 Å². The number of rotatable bonds is 2. The van der Waals surface area contributed by atoms with E-state index in [1.807, 2.05) is 0 Å². The lowest BCUT2D eigenvalue weighted by atomic mass is 10.2. The number of nitrogens with one attached hydrogen (secondary N) is 1. The average Bonchev–Trinajstić information content (AvgIpc) is 2.76. The normalized spacial score (nSPS) is 10.1. The molecule has 0 aliphatic carbocycles. The molecule has 1 heterocycles. The van der Waals surface area contributed by atoms with E-state index in [4.69, 9.17) is 0 Å². The Kier molecular flexibility index (Phi) is 3.36. The first-order valence-corrected chi connectivity index (χ1v) is 6.19. The van der Waals surface area contributed by atoms with Gasteiger partial charge >= 0.3 is 0 Å². The number of halogens is 2. The standard InChI is InChI=1S/C11H7BrFNOS/c12-8-2-1-3-9(13)10(8)14-11(15)7-4-5-16-6-7/h1-6H,(H,14,15). The van der Waals surface area contributed by atoms with Gasteiger partial charge in [0.1, 0.15) is 5.82 Å². The number of hydrogen-bond acceptors (Lipinski definition) is 2. The second-order valence-corrected chi connectivity index (χ2v) is 4.70. The fraction of sp³-hybridized carbons (Fsp3) is 0. The molecule has 2 nitrogen and oxygen atoms in total. The molecule has 0 unspecified atom stereocenters. The monoisotopic (exact) mass is 299 g/mol. The van der Waals surface area contributed by atoms with E-state index >= 15 is 0 Å². The van der Waals surface area contributed by atoms with Crippen molar-refractivity contribution < 1.29 is 9.18 Å². The summed E-state index contributed by atoms with van der Waals surface area (Å²) in [6, 6.07) is 6.23. The van der Waals surface area contributed by atoms with E-state index in [-0.39, 0.29) is 11.6 Å². The van der Waals surface area contributed by atoms with Crippen molar-refractivity contribution in [3.63, 3.8) is 0 Å². The van der Waals surface area contributed by atoms with E-state index in [0.717, 1.165) is 0 Å². The van der Waals surface area contributed by atoms with Crippen LogP contribution >= 0.6 is 27.3 Å². The molecule has 2 aromatic rings. The Hall–Kier alpha value is -1.20. The Labute approximate surface area is 104 Å². The van der Waals surface area contributed by atoms with Gasteiger partial charge in [-0.3, -0.25) is 4.79 Å². The third kappa shape index (κ3) is 2.31. The van der Waals surface area contributed by atoms with Gasteiger partial charge in [-0.2, -0.15) is 11.3 Å². The maximum absolute atomic E-state index is 13.4. The minimum absolute atomic E-state index is 0.165. The van der Waals surface area contributed by atoms with Crippen LogP contribution in [-0.2, 0) is 0 Å². The Morgan fingerprint density at radius 2 is 2.19 bits per heavy atom. The van der Waals surface area contributed by atoms with Crippen molar-refractivity contribution in [3.8, 4) is 0 Å². The maximum Gasteiger partial charge on any atom is 0.256 e. The molecule has 0 saturated carbocycles. The minimum Gasteiger partial charge on any atom is -0.318 e. The van der Waals surface area contributed by atoms with Crippen molar-refractivity contribution >= 4 is 38.9 Å². The average molecular weight is 300 g/mol. The Bertz CT molecular complexity index is 492. The summed E-state index contributed by atoms with van der Waals surface area (Å²) in [5.74, 6) is -0.773. The van der Waals surface area contributed by atoms with Gasteiger partial charge in [0.2, 0.25) is 0 Å². The number of anilines is 1. The molecular formula is C11H7BrFNOS. The largest absolute Gasteiger partial charge is 0.318 e. The summed E-state index contributed by atoms with van der Waals surface area (Å²) in [5.41, 5.74) is 0.693. The highest BCUT2D eigenvalue weighted by atomic mass is 79.9. The highest BCUT2D eigenvalue weighted by molar-refractivity contribution is 9.10. The summed E-state index contributed by atoms with van der Waals surface area (Å²) >= 11 is 4.61. The molecule has 82 valence electrons. The molecule has 5 heteroatoms. The molecule has 0 radical (unpaired) electrons. The Morgan fingerprint density at radius 3 is 2.81 bits per heavy atom. The Morgan fingerprint density at radius 1 is 1.38 bits per heavy atom. The zero-order chi connectivity index (χ0) is 11.5. The highest BCUT2D eigenvalue weighted by Crippen LogP contribution is 2.25. The Balaban J connectivity index is 2.25. The van der Waals surface area contributed by atoms with Gasteiger partial charge in [-0.1, -0.05) is 6.07 Å². The lowest BCUT2D eigenvalue weighted by molar-refractivity contribution is 0.102. The van der Waals surface area contributed by atoms with Crippen LogP contribution in [0.2, 0.25) is 0 Å². The van der Waals surface area contributed by atoms with Gasteiger partial charge in [0, 0.05) is 9.85 Å². The third-order valence-electron chi connectivity index (χ3n) is 1.98. The third-order valence-corrected chi connectivity index (χ3v) is 3.33. The van der Waals surface area contributed by atoms with E-state index in [9.17, 15) is 9.18 Å². The fourth-order valence-electron chi connectivity index (χ4n) is 1.20. The van der Waals surface area contributed by atoms with Crippen LogP contribution in [0.15, 0.2) is 39.5 Å². The van der Waals surface area contributed by atoms with Crippen LogP contribution in [0.1, 0.15) is 10.4 Å². The molecule has 0 aliphatic heterocycles. The number of carbonyl (C=O) groups is 1. The van der Waals surface area contributed by atoms with Gasteiger partial charge in [-0.25, -0.2) is 4.39 Å². The lowest BCUT2D eigenvalue weighted by Crippen LogP contribution is -2.12. The van der Waals surface area contributed by atoms with Crippen LogP contribution in [0.4, 0.5) is 10.1 Å². The molecule has 0 saturated heterocycles. The van der Waals surface area contributed by atoms with E-state index in [1.54, 1.807) is 29.0 Å². The molecule has 0 fully saturated rings. The van der Waals surface area contributed by atoms with Crippen LogP contribution < -0.4 is 5.32 Å². The summed E-state index contributed by atoms with van der Waals surface area (Å²) < 4.78 is 13.9. The van der Waals surface area contributed by atoms with Gasteiger partial charge in [-0.05, 0) is 39.5 Å². The van der Waals surface area contributed by atoms with Gasteiger partial charge in [0.25, 0.3) is 5.91 Å². The number of para-hydroxylation sites is 1. The van der Waals surface area contributed by atoms with Gasteiger partial charge in [0.05, 0.1) is 11.3 Å². The smallest absolute Gasteiger partial charge is 0.256 e. The molecule has 1 N–H and O–H groups in total. The number of amides is 1. The predicted octanol–water partition coefficient (Wildman–Crippen LogP) is 3.90. The molecule has 0 bridgehead atoms. The van der Waals surface area contributed by atoms with Crippen molar-refractivity contribution in [1.82, 2.24) is 0 Å². The molecule has 0 atom stereocenters. The molecule has 1 amide bonds. The number of thiophene rings is 1. The molecule has 1 aromatic heterocycles. The van der Waals surface area contributed by atoms with Gasteiger partial charge < -0.3 is 5.32 Å². The highest BCUT2D eigenvalue weighted by Gasteiger charge is 2.11. The van der Waals surface area contributed by atoms with Gasteiger partial charge in [0.15, 0.2) is 0 Å². The van der Waals surface area contributed by atoms with Gasteiger partial charge in [-0.15, -0.1) is 0 Å². The second-order valence-electron chi connectivity index (χ2n) is 3.06.